The van der Waals surface area contributed by atoms with Crippen LogP contribution >= 0.6 is 15.9 Å². The first-order valence-electron chi connectivity index (χ1n) is 9.41. The summed E-state index contributed by atoms with van der Waals surface area (Å²) in [5.74, 6) is 0.207. The first-order valence-corrected chi connectivity index (χ1v) is 10.5. The van der Waals surface area contributed by atoms with Gasteiger partial charge in [-0.25, -0.2) is 24.4 Å². The standard InChI is InChI=1S/C19H20BrFN6O3/c1-29-19-13(9-12(21)10-22-19)15-3-2-6-26(15)16-4-7-27-17(24-16)14(11-23-27)18(28)25-30-8-5-20/h4,7,9-11,15H,2-3,5-6,8H2,1H3,(H,25,28)/t15-/m1/s1. The molecule has 0 aliphatic carbocycles. The van der Waals surface area contributed by atoms with Crippen molar-refractivity contribution < 1.29 is 18.8 Å². The highest BCUT2D eigenvalue weighted by atomic mass is 79.9. The maximum Gasteiger partial charge on any atom is 0.280 e. The zero-order valence-corrected chi connectivity index (χ0v) is 17.8. The maximum atomic E-state index is 13.9. The monoisotopic (exact) mass is 478 g/mol. The Morgan fingerprint density at radius 1 is 1.43 bits per heavy atom. The van der Waals surface area contributed by atoms with Gasteiger partial charge in [-0.2, -0.15) is 5.10 Å². The number of rotatable bonds is 7. The van der Waals surface area contributed by atoms with Crippen LogP contribution in [0.5, 0.6) is 5.88 Å². The molecule has 4 heterocycles. The third kappa shape index (κ3) is 3.94. The van der Waals surface area contributed by atoms with Crippen molar-refractivity contribution in [3.05, 3.63) is 47.7 Å². The van der Waals surface area contributed by atoms with Crippen molar-refractivity contribution in [1.29, 1.82) is 0 Å². The number of nitrogens with zero attached hydrogens (tertiary/aromatic N) is 5. The molecule has 1 atom stereocenters. The number of fused-ring (bicyclic) bond motifs is 1. The molecule has 0 aromatic carbocycles. The molecule has 3 aromatic rings. The van der Waals surface area contributed by atoms with Crippen molar-refractivity contribution in [3.8, 4) is 5.88 Å². The van der Waals surface area contributed by atoms with E-state index in [2.05, 4.69) is 41.4 Å². The fraction of sp³-hybridized carbons (Fsp3) is 0.368. The van der Waals surface area contributed by atoms with Crippen LogP contribution in [0, 0.1) is 5.82 Å². The minimum atomic E-state index is -0.426. The van der Waals surface area contributed by atoms with Crippen LogP contribution in [0.1, 0.15) is 34.8 Å². The third-order valence-electron chi connectivity index (χ3n) is 4.89. The van der Waals surface area contributed by atoms with E-state index >= 15 is 0 Å². The van der Waals surface area contributed by atoms with E-state index in [1.165, 1.54) is 23.9 Å². The minimum Gasteiger partial charge on any atom is -0.481 e. The van der Waals surface area contributed by atoms with Gasteiger partial charge >= 0.3 is 0 Å². The molecule has 1 N–H and O–H groups in total. The molecule has 158 valence electrons. The van der Waals surface area contributed by atoms with Crippen LogP contribution in [-0.2, 0) is 4.84 Å². The second kappa shape index (κ2) is 8.92. The molecule has 1 aliphatic heterocycles. The summed E-state index contributed by atoms with van der Waals surface area (Å²) >= 11 is 3.23. The molecular weight excluding hydrogens is 459 g/mol. The van der Waals surface area contributed by atoms with Gasteiger partial charge < -0.3 is 9.64 Å². The van der Waals surface area contributed by atoms with Gasteiger partial charge in [0, 0.05) is 23.6 Å². The number of carbonyl (C=O) groups excluding carboxylic acids is 1. The quantitative estimate of drug-likeness (QED) is 0.317. The Labute approximate surface area is 180 Å². The predicted molar refractivity (Wildman–Crippen MR) is 110 cm³/mol. The third-order valence-corrected chi connectivity index (χ3v) is 5.21. The smallest absolute Gasteiger partial charge is 0.280 e. The Hall–Kier alpha value is -2.79. The van der Waals surface area contributed by atoms with Crippen LogP contribution in [0.2, 0.25) is 0 Å². The van der Waals surface area contributed by atoms with Crippen molar-refractivity contribution >= 4 is 33.3 Å². The maximum absolute atomic E-state index is 13.9. The van der Waals surface area contributed by atoms with E-state index in [9.17, 15) is 9.18 Å². The number of hydroxylamine groups is 1. The van der Waals surface area contributed by atoms with E-state index < -0.39 is 11.7 Å². The minimum absolute atomic E-state index is 0.138. The van der Waals surface area contributed by atoms with Gasteiger partial charge in [0.15, 0.2) is 5.65 Å². The van der Waals surface area contributed by atoms with Gasteiger partial charge in [0.2, 0.25) is 5.88 Å². The number of amides is 1. The lowest BCUT2D eigenvalue weighted by Gasteiger charge is -2.26. The van der Waals surface area contributed by atoms with Gasteiger partial charge in [-0.05, 0) is 25.0 Å². The molecule has 1 amide bonds. The lowest BCUT2D eigenvalue weighted by molar-refractivity contribution is 0.0378. The summed E-state index contributed by atoms with van der Waals surface area (Å²) in [4.78, 5) is 28.3. The number of pyridine rings is 1. The molecule has 0 radical (unpaired) electrons. The van der Waals surface area contributed by atoms with E-state index in [1.807, 2.05) is 6.07 Å². The highest BCUT2D eigenvalue weighted by Crippen LogP contribution is 2.38. The van der Waals surface area contributed by atoms with Crippen LogP contribution < -0.4 is 15.1 Å². The molecule has 9 nitrogen and oxygen atoms in total. The number of carbonyl (C=O) groups is 1. The van der Waals surface area contributed by atoms with Gasteiger partial charge in [0.05, 0.1) is 32.2 Å². The van der Waals surface area contributed by atoms with Crippen LogP contribution in [0.4, 0.5) is 10.2 Å². The lowest BCUT2D eigenvalue weighted by Crippen LogP contribution is -2.26. The van der Waals surface area contributed by atoms with Gasteiger partial charge in [-0.15, -0.1) is 0 Å². The number of alkyl halides is 1. The molecule has 0 saturated carbocycles. The zero-order chi connectivity index (χ0) is 21.1. The molecule has 1 saturated heterocycles. The van der Waals surface area contributed by atoms with E-state index in [0.29, 0.717) is 40.4 Å². The summed E-state index contributed by atoms with van der Waals surface area (Å²) in [6, 6.07) is 3.13. The SMILES string of the molecule is COc1ncc(F)cc1[C@H]1CCCN1c1ccn2ncc(C(=O)NOCCBr)c2n1. The Morgan fingerprint density at radius 2 is 2.30 bits per heavy atom. The number of halogens is 2. The van der Waals surface area contributed by atoms with Crippen LogP contribution in [0.15, 0.2) is 30.7 Å². The van der Waals surface area contributed by atoms with Gasteiger partial charge in [0.25, 0.3) is 5.91 Å². The molecular formula is C19H20BrFN6O3. The normalized spacial score (nSPS) is 16.2. The fourth-order valence-electron chi connectivity index (χ4n) is 3.61. The Balaban J connectivity index is 1.66. The number of methoxy groups -OCH3 is 1. The second-order valence-electron chi connectivity index (χ2n) is 6.68. The van der Waals surface area contributed by atoms with E-state index in [1.54, 1.807) is 6.20 Å². The molecule has 3 aromatic heterocycles. The van der Waals surface area contributed by atoms with E-state index in [-0.39, 0.29) is 6.04 Å². The Kier molecular flexibility index (Phi) is 6.09. The van der Waals surface area contributed by atoms with Crippen LogP contribution in [0.25, 0.3) is 5.65 Å². The number of hydrogen-bond acceptors (Lipinski definition) is 7. The number of anilines is 1. The van der Waals surface area contributed by atoms with Crippen molar-refractivity contribution in [2.45, 2.75) is 18.9 Å². The lowest BCUT2D eigenvalue weighted by atomic mass is 10.1. The molecule has 0 bridgehead atoms. The van der Waals surface area contributed by atoms with Crippen LogP contribution in [0.3, 0.4) is 0 Å². The molecule has 11 heteroatoms. The molecule has 0 unspecified atom stereocenters. The molecule has 1 fully saturated rings. The fourth-order valence-corrected chi connectivity index (χ4v) is 3.77. The summed E-state index contributed by atoms with van der Waals surface area (Å²) in [5.41, 5.74) is 3.76. The summed E-state index contributed by atoms with van der Waals surface area (Å²) in [7, 11) is 1.52. The molecule has 0 spiro atoms. The molecule has 30 heavy (non-hydrogen) atoms. The first kappa shape index (κ1) is 20.5. The van der Waals surface area contributed by atoms with Crippen molar-refractivity contribution in [2.24, 2.45) is 0 Å². The summed E-state index contributed by atoms with van der Waals surface area (Å²) in [6.07, 6.45) is 6.04. The first-order chi connectivity index (χ1) is 14.6. The number of hydrogen-bond donors (Lipinski definition) is 1. The number of ether oxygens (including phenoxy) is 1. The Bertz CT molecular complexity index is 1060. The second-order valence-corrected chi connectivity index (χ2v) is 7.48. The highest BCUT2D eigenvalue weighted by molar-refractivity contribution is 9.09. The van der Waals surface area contributed by atoms with Gasteiger partial charge in [0.1, 0.15) is 17.2 Å². The zero-order valence-electron chi connectivity index (χ0n) is 16.2. The molecule has 4 rings (SSSR count). The van der Waals surface area contributed by atoms with Gasteiger partial charge in [-0.1, -0.05) is 15.9 Å². The van der Waals surface area contributed by atoms with Crippen molar-refractivity contribution in [1.82, 2.24) is 25.1 Å². The average Bonchev–Trinajstić information content (AvgIpc) is 3.40. The summed E-state index contributed by atoms with van der Waals surface area (Å²) in [6.45, 7) is 1.07. The van der Waals surface area contributed by atoms with E-state index in [4.69, 9.17) is 9.57 Å². The summed E-state index contributed by atoms with van der Waals surface area (Å²) in [5, 5.41) is 4.78. The number of aromatic nitrogens is 4. The largest absolute Gasteiger partial charge is 0.481 e. The van der Waals surface area contributed by atoms with E-state index in [0.717, 1.165) is 25.6 Å². The topological polar surface area (TPSA) is 93.9 Å². The van der Waals surface area contributed by atoms with Gasteiger partial charge in [-0.3, -0.25) is 9.63 Å². The molecule has 1 aliphatic rings. The summed E-state index contributed by atoms with van der Waals surface area (Å²) < 4.78 is 20.7. The van der Waals surface area contributed by atoms with Crippen molar-refractivity contribution in [2.75, 3.05) is 30.5 Å². The highest BCUT2D eigenvalue weighted by Gasteiger charge is 2.31. The Morgan fingerprint density at radius 3 is 3.10 bits per heavy atom. The number of nitrogens with one attached hydrogen (secondary N) is 1. The predicted octanol–water partition coefficient (Wildman–Crippen LogP) is 2.67. The van der Waals surface area contributed by atoms with Crippen LogP contribution in [-0.4, -0.2) is 51.1 Å². The van der Waals surface area contributed by atoms with Crippen molar-refractivity contribution in [3.63, 3.8) is 0 Å². The average molecular weight is 479 g/mol.